The smallest absolute Gasteiger partial charge is 0.228 e. The molecule has 2 aromatic rings. The van der Waals surface area contributed by atoms with Gasteiger partial charge in [-0.2, -0.15) is 0 Å². The molecule has 0 aliphatic heterocycles. The predicted octanol–water partition coefficient (Wildman–Crippen LogP) is 2.89. The van der Waals surface area contributed by atoms with Gasteiger partial charge >= 0.3 is 0 Å². The van der Waals surface area contributed by atoms with Gasteiger partial charge < -0.3 is 15.2 Å². The number of halogens is 1. The highest BCUT2D eigenvalue weighted by Gasteiger charge is 2.04. The van der Waals surface area contributed by atoms with Gasteiger partial charge in [0.2, 0.25) is 5.91 Å². The lowest BCUT2D eigenvalue weighted by atomic mass is 10.1. The fraction of sp³-hybridized carbons (Fsp3) is 0.188. The second-order valence-electron chi connectivity index (χ2n) is 4.45. The third kappa shape index (κ3) is 5.10. The number of hydrogen-bond acceptors (Lipinski definition) is 3. The summed E-state index contributed by atoms with van der Waals surface area (Å²) in [5.74, 6) is 0.557. The number of carbonyl (C=O) groups excluding carboxylic acids is 1. The largest absolute Gasteiger partial charge is 0.491 e. The predicted molar refractivity (Wildman–Crippen MR) is 82.8 cm³/mol. The summed E-state index contributed by atoms with van der Waals surface area (Å²) in [6.45, 7) is 0.224. The summed E-state index contributed by atoms with van der Waals surface area (Å²) in [5, 5.41) is 12.1. The number of anilines is 1. The number of benzene rings is 2. The maximum Gasteiger partial charge on any atom is 0.228 e. The zero-order valence-corrected chi connectivity index (χ0v) is 12.1. The Labute approximate surface area is 128 Å². The number of nitrogens with one attached hydrogen (secondary N) is 1. The van der Waals surface area contributed by atoms with E-state index in [1.54, 1.807) is 36.4 Å². The van der Waals surface area contributed by atoms with Crippen LogP contribution in [0.2, 0.25) is 5.02 Å². The molecular formula is C16H16ClNO3. The molecule has 2 rings (SSSR count). The first-order chi connectivity index (χ1) is 10.2. The highest BCUT2D eigenvalue weighted by Crippen LogP contribution is 2.16. The van der Waals surface area contributed by atoms with E-state index in [-0.39, 0.29) is 19.1 Å². The van der Waals surface area contributed by atoms with E-state index in [9.17, 15) is 4.79 Å². The molecule has 5 heteroatoms. The van der Waals surface area contributed by atoms with E-state index in [0.29, 0.717) is 22.9 Å². The Morgan fingerprint density at radius 2 is 1.76 bits per heavy atom. The molecule has 0 spiro atoms. The van der Waals surface area contributed by atoms with Crippen molar-refractivity contribution in [2.24, 2.45) is 0 Å². The molecule has 0 aliphatic carbocycles. The molecule has 0 bridgehead atoms. The van der Waals surface area contributed by atoms with Gasteiger partial charge in [0.25, 0.3) is 0 Å². The minimum absolute atomic E-state index is 0.0282. The second kappa shape index (κ2) is 7.67. The Balaban J connectivity index is 1.88. The van der Waals surface area contributed by atoms with Crippen LogP contribution >= 0.6 is 11.6 Å². The number of aliphatic hydroxyl groups excluding tert-OH is 1. The van der Waals surface area contributed by atoms with E-state index in [0.717, 1.165) is 5.56 Å². The molecule has 0 fully saturated rings. The molecule has 2 aromatic carbocycles. The van der Waals surface area contributed by atoms with Gasteiger partial charge in [-0.25, -0.2) is 0 Å². The van der Waals surface area contributed by atoms with Gasteiger partial charge in [0.05, 0.1) is 13.0 Å². The first kappa shape index (κ1) is 15.4. The summed E-state index contributed by atoms with van der Waals surface area (Å²) in [5.41, 5.74) is 1.60. The second-order valence-corrected chi connectivity index (χ2v) is 4.88. The number of rotatable bonds is 6. The summed E-state index contributed by atoms with van der Waals surface area (Å²) >= 11 is 5.80. The van der Waals surface area contributed by atoms with E-state index in [2.05, 4.69) is 5.32 Å². The molecular weight excluding hydrogens is 290 g/mol. The molecule has 0 saturated carbocycles. The van der Waals surface area contributed by atoms with Crippen molar-refractivity contribution in [1.82, 2.24) is 0 Å². The number of carbonyl (C=O) groups is 1. The van der Waals surface area contributed by atoms with Crippen molar-refractivity contribution in [1.29, 1.82) is 0 Å². The lowest BCUT2D eigenvalue weighted by Crippen LogP contribution is -2.14. The molecule has 0 unspecified atom stereocenters. The van der Waals surface area contributed by atoms with Crippen LogP contribution in [0.5, 0.6) is 5.75 Å². The SMILES string of the molecule is O=C(Cc1ccc(Cl)cc1)Nc1ccc(OCCO)cc1. The van der Waals surface area contributed by atoms with Crippen LogP contribution in [-0.2, 0) is 11.2 Å². The van der Waals surface area contributed by atoms with Crippen LogP contribution in [0.15, 0.2) is 48.5 Å². The third-order valence-corrected chi connectivity index (χ3v) is 3.03. The van der Waals surface area contributed by atoms with Crippen molar-refractivity contribution >= 4 is 23.2 Å². The molecule has 21 heavy (non-hydrogen) atoms. The maximum atomic E-state index is 11.9. The average molecular weight is 306 g/mol. The lowest BCUT2D eigenvalue weighted by Gasteiger charge is -2.07. The molecule has 0 radical (unpaired) electrons. The molecule has 0 atom stereocenters. The quantitative estimate of drug-likeness (QED) is 0.863. The zero-order valence-electron chi connectivity index (χ0n) is 11.4. The van der Waals surface area contributed by atoms with Crippen LogP contribution in [0.3, 0.4) is 0 Å². The van der Waals surface area contributed by atoms with Gasteiger partial charge in [-0.1, -0.05) is 23.7 Å². The van der Waals surface area contributed by atoms with Crippen molar-refractivity contribution < 1.29 is 14.6 Å². The fourth-order valence-electron chi connectivity index (χ4n) is 1.79. The Hall–Kier alpha value is -2.04. The molecule has 4 nitrogen and oxygen atoms in total. The van der Waals surface area contributed by atoms with Crippen LogP contribution in [0.1, 0.15) is 5.56 Å². The Morgan fingerprint density at radius 1 is 1.10 bits per heavy atom. The van der Waals surface area contributed by atoms with Gasteiger partial charge in [-0.15, -0.1) is 0 Å². The van der Waals surface area contributed by atoms with Gasteiger partial charge in [0.15, 0.2) is 0 Å². The molecule has 2 N–H and O–H groups in total. The number of hydrogen-bond donors (Lipinski definition) is 2. The fourth-order valence-corrected chi connectivity index (χ4v) is 1.92. The Morgan fingerprint density at radius 3 is 2.38 bits per heavy atom. The minimum atomic E-state index is -0.0960. The maximum absolute atomic E-state index is 11.9. The van der Waals surface area contributed by atoms with Crippen LogP contribution in [0.25, 0.3) is 0 Å². The summed E-state index contributed by atoms with van der Waals surface area (Å²) in [4.78, 5) is 11.9. The van der Waals surface area contributed by atoms with Crippen LogP contribution < -0.4 is 10.1 Å². The summed E-state index contributed by atoms with van der Waals surface area (Å²) in [7, 11) is 0. The third-order valence-electron chi connectivity index (χ3n) is 2.78. The zero-order chi connectivity index (χ0) is 15.1. The molecule has 0 heterocycles. The normalized spacial score (nSPS) is 10.2. The number of ether oxygens (including phenoxy) is 1. The van der Waals surface area contributed by atoms with Gasteiger partial charge in [0, 0.05) is 10.7 Å². The van der Waals surface area contributed by atoms with E-state index in [1.807, 2.05) is 12.1 Å². The molecule has 0 aliphatic rings. The topological polar surface area (TPSA) is 58.6 Å². The average Bonchev–Trinajstić information content (AvgIpc) is 2.49. The summed E-state index contributed by atoms with van der Waals surface area (Å²) in [6, 6.07) is 14.2. The summed E-state index contributed by atoms with van der Waals surface area (Å²) in [6.07, 6.45) is 0.292. The Bertz CT molecular complexity index is 581. The van der Waals surface area contributed by atoms with E-state index in [1.165, 1.54) is 0 Å². The van der Waals surface area contributed by atoms with E-state index >= 15 is 0 Å². The number of aliphatic hydroxyl groups is 1. The summed E-state index contributed by atoms with van der Waals surface area (Å²) < 4.78 is 5.25. The van der Waals surface area contributed by atoms with Crippen molar-refractivity contribution in [3.8, 4) is 5.75 Å². The van der Waals surface area contributed by atoms with E-state index in [4.69, 9.17) is 21.4 Å². The minimum Gasteiger partial charge on any atom is -0.491 e. The molecule has 1 amide bonds. The van der Waals surface area contributed by atoms with Crippen molar-refractivity contribution in [3.05, 3.63) is 59.1 Å². The molecule has 0 saturated heterocycles. The van der Waals surface area contributed by atoms with Gasteiger partial charge in [-0.05, 0) is 42.0 Å². The molecule has 110 valence electrons. The number of amides is 1. The van der Waals surface area contributed by atoms with Crippen molar-refractivity contribution in [3.63, 3.8) is 0 Å². The van der Waals surface area contributed by atoms with Crippen LogP contribution in [0, 0.1) is 0 Å². The first-order valence-corrected chi connectivity index (χ1v) is 6.93. The highest BCUT2D eigenvalue weighted by atomic mass is 35.5. The van der Waals surface area contributed by atoms with E-state index < -0.39 is 0 Å². The highest BCUT2D eigenvalue weighted by molar-refractivity contribution is 6.30. The first-order valence-electron chi connectivity index (χ1n) is 6.55. The molecule has 0 aromatic heterocycles. The standard InChI is InChI=1S/C16H16ClNO3/c17-13-3-1-12(2-4-13)11-16(20)18-14-5-7-15(8-6-14)21-10-9-19/h1-8,19H,9-11H2,(H,18,20). The van der Waals surface area contributed by atoms with Gasteiger partial charge in [0.1, 0.15) is 12.4 Å². The van der Waals surface area contributed by atoms with Crippen molar-refractivity contribution in [2.75, 3.05) is 18.5 Å². The van der Waals surface area contributed by atoms with Crippen molar-refractivity contribution in [2.45, 2.75) is 6.42 Å². The monoisotopic (exact) mass is 305 g/mol. The lowest BCUT2D eigenvalue weighted by molar-refractivity contribution is -0.115. The van der Waals surface area contributed by atoms with Crippen LogP contribution in [0.4, 0.5) is 5.69 Å². The van der Waals surface area contributed by atoms with Gasteiger partial charge in [-0.3, -0.25) is 4.79 Å². The van der Waals surface area contributed by atoms with Crippen LogP contribution in [-0.4, -0.2) is 24.2 Å². The Kier molecular flexibility index (Phi) is 5.60.